The Morgan fingerprint density at radius 2 is 1.48 bits per heavy atom. The number of hydrogen-bond acceptors (Lipinski definition) is 1. The van der Waals surface area contributed by atoms with E-state index in [1.165, 1.54) is 6.07 Å². The lowest BCUT2D eigenvalue weighted by molar-refractivity contribution is -0.140. The van der Waals surface area contributed by atoms with E-state index in [9.17, 15) is 17.6 Å². The van der Waals surface area contributed by atoms with Crippen molar-refractivity contribution < 1.29 is 17.6 Å². The lowest BCUT2D eigenvalue weighted by atomic mass is 9.85. The summed E-state index contributed by atoms with van der Waals surface area (Å²) < 4.78 is 51.7. The zero-order valence-corrected chi connectivity index (χ0v) is 11.8. The third-order valence-electron chi connectivity index (χ3n) is 3.32. The van der Waals surface area contributed by atoms with Gasteiger partial charge in [0.25, 0.3) is 0 Å². The maximum Gasteiger partial charge on any atom is 0.419 e. The summed E-state index contributed by atoms with van der Waals surface area (Å²) in [6, 6.07) is 9.20. The van der Waals surface area contributed by atoms with Crippen molar-refractivity contribution in [1.82, 2.24) is 0 Å². The fourth-order valence-corrected chi connectivity index (χ4v) is 2.15. The van der Waals surface area contributed by atoms with Gasteiger partial charge in [0.2, 0.25) is 0 Å². The predicted molar refractivity (Wildman–Crippen MR) is 73.5 cm³/mol. The van der Waals surface area contributed by atoms with Gasteiger partial charge in [-0.25, -0.2) is 4.39 Å². The Hall–Kier alpha value is -1.59. The van der Waals surface area contributed by atoms with Gasteiger partial charge in [-0.2, -0.15) is 13.2 Å². The number of alkyl halides is 3. The van der Waals surface area contributed by atoms with Gasteiger partial charge in [0.15, 0.2) is 0 Å². The minimum atomic E-state index is -4.77. The van der Waals surface area contributed by atoms with Gasteiger partial charge in [0.05, 0.1) is 11.1 Å². The van der Waals surface area contributed by atoms with E-state index in [0.29, 0.717) is 10.6 Å². The van der Waals surface area contributed by atoms with E-state index in [2.05, 4.69) is 0 Å². The molecule has 0 saturated carbocycles. The topological polar surface area (TPSA) is 26.0 Å². The maximum absolute atomic E-state index is 13.3. The van der Waals surface area contributed by atoms with Crippen LogP contribution in [-0.2, 0) is 11.7 Å². The van der Waals surface area contributed by atoms with E-state index in [0.717, 1.165) is 12.1 Å². The van der Waals surface area contributed by atoms with E-state index in [1.54, 1.807) is 31.2 Å². The van der Waals surface area contributed by atoms with Crippen LogP contribution in [0.5, 0.6) is 0 Å². The number of nitrogens with two attached hydrogens (primary N) is 1. The van der Waals surface area contributed by atoms with Gasteiger partial charge in [-0.15, -0.1) is 0 Å². The summed E-state index contributed by atoms with van der Waals surface area (Å²) >= 11 is 5.77. The second-order valence-electron chi connectivity index (χ2n) is 4.90. The fourth-order valence-electron chi connectivity index (χ4n) is 2.03. The van der Waals surface area contributed by atoms with Crippen LogP contribution in [-0.4, -0.2) is 0 Å². The molecule has 2 aromatic carbocycles. The first kappa shape index (κ1) is 15.8. The largest absolute Gasteiger partial charge is 0.419 e. The zero-order chi connectivity index (χ0) is 15.8. The van der Waals surface area contributed by atoms with E-state index in [4.69, 9.17) is 17.3 Å². The van der Waals surface area contributed by atoms with E-state index in [1.807, 2.05) is 0 Å². The number of halogens is 5. The van der Waals surface area contributed by atoms with E-state index in [-0.39, 0.29) is 5.56 Å². The van der Waals surface area contributed by atoms with Gasteiger partial charge < -0.3 is 5.73 Å². The van der Waals surface area contributed by atoms with Gasteiger partial charge in [0, 0.05) is 5.02 Å². The van der Waals surface area contributed by atoms with Gasteiger partial charge in [-0.3, -0.25) is 0 Å². The van der Waals surface area contributed by atoms with Gasteiger partial charge in [0.1, 0.15) is 5.82 Å². The molecule has 1 unspecified atom stereocenters. The van der Waals surface area contributed by atoms with Crippen molar-refractivity contribution in [1.29, 1.82) is 0 Å². The Labute approximate surface area is 124 Å². The minimum Gasteiger partial charge on any atom is -0.318 e. The van der Waals surface area contributed by atoms with Crippen LogP contribution >= 0.6 is 11.6 Å². The summed E-state index contributed by atoms with van der Waals surface area (Å²) in [6.45, 7) is 1.56. The van der Waals surface area contributed by atoms with E-state index >= 15 is 0 Å². The van der Waals surface area contributed by atoms with Crippen molar-refractivity contribution in [3.63, 3.8) is 0 Å². The van der Waals surface area contributed by atoms with Gasteiger partial charge in [-0.05, 0) is 42.3 Å². The summed E-state index contributed by atoms with van der Waals surface area (Å²) in [5.74, 6) is -1.32. The highest BCUT2D eigenvalue weighted by Crippen LogP contribution is 2.35. The summed E-state index contributed by atoms with van der Waals surface area (Å²) in [4.78, 5) is 0. The molecule has 0 spiro atoms. The van der Waals surface area contributed by atoms with Crippen LogP contribution in [0.4, 0.5) is 17.6 Å². The highest BCUT2D eigenvalue weighted by molar-refractivity contribution is 6.30. The average molecular weight is 318 g/mol. The van der Waals surface area contributed by atoms with Gasteiger partial charge >= 0.3 is 6.18 Å². The first-order valence-electron chi connectivity index (χ1n) is 6.04. The molecule has 6 heteroatoms. The number of hydrogen-bond donors (Lipinski definition) is 1. The van der Waals surface area contributed by atoms with Crippen molar-refractivity contribution in [3.8, 4) is 0 Å². The second-order valence-corrected chi connectivity index (χ2v) is 5.34. The van der Waals surface area contributed by atoms with Crippen molar-refractivity contribution in [3.05, 3.63) is 70.0 Å². The Bertz CT molecular complexity index is 648. The van der Waals surface area contributed by atoms with Gasteiger partial charge in [-0.1, -0.05) is 29.8 Å². The van der Waals surface area contributed by atoms with Crippen LogP contribution in [0.3, 0.4) is 0 Å². The quantitative estimate of drug-likeness (QED) is 0.797. The highest BCUT2D eigenvalue weighted by atomic mass is 35.5. The SMILES string of the molecule is CC(N)(c1ccc(Cl)cc1)c1ccc(F)c(C(F)(F)F)c1. The molecule has 2 rings (SSSR count). The summed E-state index contributed by atoms with van der Waals surface area (Å²) in [7, 11) is 0. The Kier molecular flexibility index (Phi) is 4.00. The molecule has 21 heavy (non-hydrogen) atoms. The molecule has 0 bridgehead atoms. The third kappa shape index (κ3) is 3.19. The number of rotatable bonds is 2. The molecule has 2 N–H and O–H groups in total. The molecule has 0 fully saturated rings. The molecule has 112 valence electrons. The van der Waals surface area contributed by atoms with Crippen LogP contribution in [0.1, 0.15) is 23.6 Å². The molecular formula is C15H12ClF4N. The third-order valence-corrected chi connectivity index (χ3v) is 3.57. The van der Waals surface area contributed by atoms with Crippen LogP contribution < -0.4 is 5.73 Å². The zero-order valence-electron chi connectivity index (χ0n) is 11.0. The van der Waals surface area contributed by atoms with Crippen molar-refractivity contribution in [2.75, 3.05) is 0 Å². The molecular weight excluding hydrogens is 306 g/mol. The Morgan fingerprint density at radius 1 is 0.952 bits per heavy atom. The van der Waals surface area contributed by atoms with Crippen LogP contribution in [0.15, 0.2) is 42.5 Å². The second kappa shape index (κ2) is 5.31. The average Bonchev–Trinajstić information content (AvgIpc) is 2.38. The molecule has 0 aliphatic carbocycles. The molecule has 0 aliphatic heterocycles. The molecule has 0 saturated heterocycles. The fraction of sp³-hybridized carbons (Fsp3) is 0.200. The molecule has 0 aromatic heterocycles. The van der Waals surface area contributed by atoms with Crippen LogP contribution in [0.25, 0.3) is 0 Å². The molecule has 0 amide bonds. The molecule has 1 atom stereocenters. The normalized spacial score (nSPS) is 14.8. The highest BCUT2D eigenvalue weighted by Gasteiger charge is 2.36. The Morgan fingerprint density at radius 3 is 2.00 bits per heavy atom. The lowest BCUT2D eigenvalue weighted by Crippen LogP contribution is -2.34. The smallest absolute Gasteiger partial charge is 0.318 e. The maximum atomic E-state index is 13.3. The first-order valence-corrected chi connectivity index (χ1v) is 6.42. The molecule has 0 aliphatic rings. The monoisotopic (exact) mass is 317 g/mol. The Balaban J connectivity index is 2.52. The van der Waals surface area contributed by atoms with Crippen molar-refractivity contribution >= 4 is 11.6 Å². The molecule has 2 aromatic rings. The molecule has 0 heterocycles. The van der Waals surface area contributed by atoms with Crippen LogP contribution in [0.2, 0.25) is 5.02 Å². The summed E-state index contributed by atoms with van der Waals surface area (Å²) in [5.41, 5.74) is 4.36. The standard InChI is InChI=1S/C15H12ClF4N/c1-14(21,9-2-5-11(16)6-3-9)10-4-7-13(17)12(8-10)15(18,19)20/h2-8H,21H2,1H3. The number of benzene rings is 2. The molecule has 0 radical (unpaired) electrons. The first-order chi connectivity index (χ1) is 9.62. The minimum absolute atomic E-state index is 0.165. The van der Waals surface area contributed by atoms with E-state index < -0.39 is 23.1 Å². The van der Waals surface area contributed by atoms with Crippen LogP contribution in [0, 0.1) is 5.82 Å². The summed E-state index contributed by atoms with van der Waals surface area (Å²) in [6.07, 6.45) is -4.77. The lowest BCUT2D eigenvalue weighted by Gasteiger charge is -2.27. The molecule has 1 nitrogen and oxygen atoms in total. The predicted octanol–water partition coefficient (Wildman–Crippen LogP) is 4.72. The summed E-state index contributed by atoms with van der Waals surface area (Å²) in [5, 5.41) is 0.490. The van der Waals surface area contributed by atoms with Crippen molar-refractivity contribution in [2.45, 2.75) is 18.6 Å². The van der Waals surface area contributed by atoms with Crippen molar-refractivity contribution in [2.24, 2.45) is 5.73 Å².